The number of carbonyl (C=O) groups excluding carboxylic acids is 4. The van der Waals surface area contributed by atoms with Crippen molar-refractivity contribution >= 4 is 34.4 Å². The fourth-order valence-corrected chi connectivity index (χ4v) is 6.74. The molecule has 0 radical (unpaired) electrons. The van der Waals surface area contributed by atoms with E-state index in [9.17, 15) is 24.3 Å². The van der Waals surface area contributed by atoms with Crippen molar-refractivity contribution in [2.75, 3.05) is 19.7 Å². The van der Waals surface area contributed by atoms with E-state index in [-0.39, 0.29) is 30.1 Å². The molecule has 3 aliphatic rings. The largest absolute Gasteiger partial charge is 0.457 e. The number of fused-ring (bicyclic) bond motifs is 2. The highest BCUT2D eigenvalue weighted by molar-refractivity contribution is 6.02. The summed E-state index contributed by atoms with van der Waals surface area (Å²) < 4.78 is 6.08. The molecule has 5 atom stereocenters. The van der Waals surface area contributed by atoms with Crippen molar-refractivity contribution in [3.8, 4) is 11.5 Å². The lowest BCUT2D eigenvalue weighted by molar-refractivity contribution is -0.133. The van der Waals surface area contributed by atoms with Crippen LogP contribution in [0.3, 0.4) is 0 Å². The van der Waals surface area contributed by atoms with Crippen LogP contribution in [0.1, 0.15) is 42.6 Å². The van der Waals surface area contributed by atoms with Crippen LogP contribution in [-0.2, 0) is 14.4 Å². The zero-order valence-electron chi connectivity index (χ0n) is 22.7. The van der Waals surface area contributed by atoms with E-state index >= 15 is 0 Å². The van der Waals surface area contributed by atoms with Crippen LogP contribution in [0.4, 0.5) is 0 Å². The highest BCUT2D eigenvalue weighted by Crippen LogP contribution is 2.43. The molecule has 2 aliphatic heterocycles. The van der Waals surface area contributed by atoms with Gasteiger partial charge >= 0.3 is 0 Å². The number of amides is 3. The quantitative estimate of drug-likeness (QED) is 0.318. The van der Waals surface area contributed by atoms with Gasteiger partial charge in [-0.05, 0) is 67.9 Å². The lowest BCUT2D eigenvalue weighted by atomic mass is 9.92. The summed E-state index contributed by atoms with van der Waals surface area (Å²) in [4.78, 5) is 57.3. The monoisotopic (exact) mass is 558 g/mol. The molecule has 2 saturated heterocycles. The van der Waals surface area contributed by atoms with Crippen LogP contribution in [-0.4, -0.2) is 70.3 Å². The minimum atomic E-state index is -0.996. The zero-order chi connectivity index (χ0) is 28.5. The fraction of sp³-hybridized carbons (Fsp3) is 0.419. The first-order chi connectivity index (χ1) is 19.9. The van der Waals surface area contributed by atoms with Gasteiger partial charge in [0.25, 0.3) is 5.91 Å². The third kappa shape index (κ3) is 5.31. The molecule has 3 aromatic rings. The van der Waals surface area contributed by atoms with Gasteiger partial charge in [0.1, 0.15) is 29.8 Å². The maximum absolute atomic E-state index is 13.9. The highest BCUT2D eigenvalue weighted by Gasteiger charge is 2.50. The first kappa shape index (κ1) is 27.0. The number of H-pyrrole nitrogens is 1. The van der Waals surface area contributed by atoms with Crippen molar-refractivity contribution in [3.63, 3.8) is 0 Å². The number of likely N-dealkylation sites (tertiary alicyclic amines) is 1. The summed E-state index contributed by atoms with van der Waals surface area (Å²) in [6, 6.07) is 15.0. The van der Waals surface area contributed by atoms with Gasteiger partial charge in [-0.3, -0.25) is 19.2 Å². The average molecular weight is 559 g/mol. The normalized spacial score (nSPS) is 24.2. The number of aliphatic hydroxyl groups is 1. The summed E-state index contributed by atoms with van der Waals surface area (Å²) >= 11 is 0. The molecule has 3 fully saturated rings. The second kappa shape index (κ2) is 11.4. The number of nitrogens with one attached hydrogen (secondary N) is 3. The Balaban J connectivity index is 1.25. The molecule has 1 saturated carbocycles. The predicted molar refractivity (Wildman–Crippen MR) is 150 cm³/mol. The molecule has 10 nitrogen and oxygen atoms in total. The number of Topliss-reactive ketones (excluding diaryl/α,β-unsaturated/α-hetero) is 1. The molecule has 3 amide bonds. The van der Waals surface area contributed by atoms with E-state index in [1.807, 2.05) is 48.5 Å². The van der Waals surface area contributed by atoms with Gasteiger partial charge in [-0.2, -0.15) is 0 Å². The van der Waals surface area contributed by atoms with Gasteiger partial charge in [0.15, 0.2) is 5.78 Å². The molecule has 4 N–H and O–H groups in total. The summed E-state index contributed by atoms with van der Waals surface area (Å²) in [6.07, 6.45) is 3.42. The second-order valence-corrected chi connectivity index (χ2v) is 11.3. The summed E-state index contributed by atoms with van der Waals surface area (Å²) in [5.74, 6) is -0.336. The van der Waals surface area contributed by atoms with Crippen LogP contribution in [0.15, 0.2) is 54.6 Å². The molecule has 41 heavy (non-hydrogen) atoms. The fourth-order valence-electron chi connectivity index (χ4n) is 6.74. The molecular formula is C31H34N4O6. The van der Waals surface area contributed by atoms with Gasteiger partial charge < -0.3 is 30.4 Å². The number of nitrogens with zero attached hydrogens (tertiary/aromatic N) is 1. The molecule has 1 aromatic heterocycles. The smallest absolute Gasteiger partial charge is 0.271 e. The number of hydrogen-bond donors (Lipinski definition) is 4. The lowest BCUT2D eigenvalue weighted by Gasteiger charge is -2.29. The van der Waals surface area contributed by atoms with Crippen LogP contribution in [0.2, 0.25) is 0 Å². The van der Waals surface area contributed by atoms with Crippen molar-refractivity contribution in [3.05, 3.63) is 60.3 Å². The third-order valence-electron chi connectivity index (χ3n) is 8.79. The molecule has 6 rings (SSSR count). The second-order valence-electron chi connectivity index (χ2n) is 11.3. The SMILES string of the molecule is O=C(N[C@@H](C[C@@H]1CCNC1=O)C(=O)CO)C1C2CCCC2CN1C(=O)c1cc2c(Oc3ccccc3)cccc2[nH]1. The summed E-state index contributed by atoms with van der Waals surface area (Å²) in [5, 5.41) is 15.9. The first-order valence-electron chi connectivity index (χ1n) is 14.3. The predicted octanol–water partition coefficient (Wildman–Crippen LogP) is 2.77. The summed E-state index contributed by atoms with van der Waals surface area (Å²) in [5.41, 5.74) is 1.10. The van der Waals surface area contributed by atoms with Crippen molar-refractivity contribution < 1.29 is 29.0 Å². The Labute approximate surface area is 237 Å². The van der Waals surface area contributed by atoms with Crippen LogP contribution in [0.25, 0.3) is 10.9 Å². The number of aromatic amines is 1. The number of carbonyl (C=O) groups is 4. The van der Waals surface area contributed by atoms with E-state index < -0.39 is 36.3 Å². The summed E-state index contributed by atoms with van der Waals surface area (Å²) in [6.45, 7) is 0.240. The van der Waals surface area contributed by atoms with Gasteiger partial charge in [-0.25, -0.2) is 0 Å². The molecule has 10 heteroatoms. The van der Waals surface area contributed by atoms with Crippen LogP contribution >= 0.6 is 0 Å². The Kier molecular flexibility index (Phi) is 7.49. The lowest BCUT2D eigenvalue weighted by Crippen LogP contribution is -2.53. The van der Waals surface area contributed by atoms with Crippen LogP contribution in [0.5, 0.6) is 11.5 Å². The van der Waals surface area contributed by atoms with E-state index in [2.05, 4.69) is 15.6 Å². The molecule has 3 unspecified atom stereocenters. The number of aromatic nitrogens is 1. The van der Waals surface area contributed by atoms with Gasteiger partial charge in [0, 0.05) is 29.9 Å². The zero-order valence-corrected chi connectivity index (χ0v) is 22.7. The topological polar surface area (TPSA) is 141 Å². The van der Waals surface area contributed by atoms with Crippen LogP contribution in [0, 0.1) is 17.8 Å². The molecule has 0 bridgehead atoms. The average Bonchev–Trinajstić information content (AvgIpc) is 3.77. The minimum absolute atomic E-state index is 0.0139. The number of ether oxygens (including phenoxy) is 1. The van der Waals surface area contributed by atoms with Crippen molar-refractivity contribution in [2.24, 2.45) is 17.8 Å². The molecule has 214 valence electrons. The Morgan fingerprint density at radius 3 is 2.66 bits per heavy atom. The first-order valence-corrected chi connectivity index (χ1v) is 14.3. The van der Waals surface area contributed by atoms with E-state index in [1.165, 1.54) is 0 Å². The Morgan fingerprint density at radius 2 is 1.90 bits per heavy atom. The van der Waals surface area contributed by atoms with Gasteiger partial charge in [0.2, 0.25) is 11.8 Å². The molecule has 2 aromatic carbocycles. The Morgan fingerprint density at radius 1 is 1.07 bits per heavy atom. The highest BCUT2D eigenvalue weighted by atomic mass is 16.5. The van der Waals surface area contributed by atoms with Gasteiger partial charge in [-0.15, -0.1) is 0 Å². The number of rotatable bonds is 9. The Bertz CT molecular complexity index is 1470. The van der Waals surface area contributed by atoms with Crippen molar-refractivity contribution in [2.45, 2.75) is 44.2 Å². The number of hydrogen-bond acceptors (Lipinski definition) is 6. The third-order valence-corrected chi connectivity index (χ3v) is 8.79. The van der Waals surface area contributed by atoms with E-state index in [1.54, 1.807) is 11.0 Å². The van der Waals surface area contributed by atoms with Gasteiger partial charge in [-0.1, -0.05) is 30.7 Å². The van der Waals surface area contributed by atoms with Crippen molar-refractivity contribution in [1.29, 1.82) is 0 Å². The summed E-state index contributed by atoms with van der Waals surface area (Å²) in [7, 11) is 0. The number of ketones is 1. The molecule has 3 heterocycles. The molecule has 0 spiro atoms. The van der Waals surface area contributed by atoms with Gasteiger partial charge in [0.05, 0.1) is 6.04 Å². The van der Waals surface area contributed by atoms with E-state index in [4.69, 9.17) is 4.74 Å². The van der Waals surface area contributed by atoms with E-state index in [0.717, 1.165) is 30.2 Å². The van der Waals surface area contributed by atoms with E-state index in [0.29, 0.717) is 36.7 Å². The maximum atomic E-state index is 13.9. The maximum Gasteiger partial charge on any atom is 0.271 e. The van der Waals surface area contributed by atoms with Crippen LogP contribution < -0.4 is 15.4 Å². The number of benzene rings is 2. The van der Waals surface area contributed by atoms with Crippen molar-refractivity contribution in [1.82, 2.24) is 20.5 Å². The number of aliphatic hydroxyl groups excluding tert-OH is 1. The molecular weight excluding hydrogens is 524 g/mol. The molecule has 1 aliphatic carbocycles. The number of para-hydroxylation sites is 1. The standard InChI is InChI=1S/C31H34N4O6/c36-17-26(37)24(14-18-12-13-32-29(18)38)34-30(39)28-21-9-4-6-19(21)16-35(28)31(40)25-15-22-23(33-25)10-5-11-27(22)41-20-7-2-1-3-8-20/h1-3,5,7-8,10-11,15,18-19,21,24,28,33,36H,4,6,9,12-14,16-17H2,(H,32,38)(H,34,39)/t18-,19?,21?,24-,28?/m0/s1. The Hall–Kier alpha value is -4.18. The minimum Gasteiger partial charge on any atom is -0.457 e.